The van der Waals surface area contributed by atoms with Crippen molar-refractivity contribution >= 4 is 51.2 Å². The van der Waals surface area contributed by atoms with Gasteiger partial charge in [0.1, 0.15) is 15.7 Å². The number of aromatic nitrogens is 2. The Hall–Kier alpha value is -3.80. The molecule has 1 unspecified atom stereocenters. The Morgan fingerprint density at radius 2 is 1.85 bits per heavy atom. The van der Waals surface area contributed by atoms with Crippen LogP contribution >= 0.6 is 22.7 Å². The van der Waals surface area contributed by atoms with Gasteiger partial charge < -0.3 is 21.5 Å². The van der Waals surface area contributed by atoms with Crippen LogP contribution in [0.15, 0.2) is 60.0 Å². The summed E-state index contributed by atoms with van der Waals surface area (Å²) in [4.78, 5) is 33.4. The van der Waals surface area contributed by atoms with Crippen LogP contribution in [0.4, 0.5) is 21.4 Å². The van der Waals surface area contributed by atoms with Gasteiger partial charge >= 0.3 is 6.03 Å². The molecule has 4 aromatic rings. The van der Waals surface area contributed by atoms with Gasteiger partial charge in [0.05, 0.1) is 5.69 Å². The van der Waals surface area contributed by atoms with Gasteiger partial charge in [-0.3, -0.25) is 10.1 Å². The number of urea groups is 1. The van der Waals surface area contributed by atoms with Gasteiger partial charge in [-0.2, -0.15) is 0 Å². The number of amides is 3. The highest BCUT2D eigenvalue weighted by molar-refractivity contribution is 7.23. The van der Waals surface area contributed by atoms with Crippen molar-refractivity contribution in [3.8, 4) is 21.1 Å². The molecule has 2 aromatic heterocycles. The molecule has 0 aliphatic carbocycles. The quantitative estimate of drug-likeness (QED) is 0.283. The zero-order valence-electron chi connectivity index (χ0n) is 17.4. The van der Waals surface area contributed by atoms with Crippen molar-refractivity contribution in [3.05, 3.63) is 65.5 Å². The molecule has 11 heteroatoms. The second kappa shape index (κ2) is 9.77. The number of nitrogens with one attached hydrogen (secondary N) is 3. The van der Waals surface area contributed by atoms with Crippen molar-refractivity contribution in [2.24, 2.45) is 0 Å². The summed E-state index contributed by atoms with van der Waals surface area (Å²) in [6.07, 6.45) is -1.27. The first-order valence-electron chi connectivity index (χ1n) is 9.80. The monoisotopic (exact) mass is 480 g/mol. The van der Waals surface area contributed by atoms with Crippen LogP contribution in [0, 0.1) is 0 Å². The van der Waals surface area contributed by atoms with E-state index in [1.807, 2.05) is 17.5 Å². The Morgan fingerprint density at radius 3 is 2.61 bits per heavy atom. The molecule has 0 fully saturated rings. The van der Waals surface area contributed by atoms with E-state index in [0.717, 1.165) is 5.56 Å². The minimum absolute atomic E-state index is 0.281. The van der Waals surface area contributed by atoms with Crippen LogP contribution in [0.2, 0.25) is 0 Å². The SMILES string of the molecule is CNC(=O)Nc1nc(N)c(-c2nc(-c3cccc(NC(=O)C(O)c4ccccc4)c3)cs2)s1. The van der Waals surface area contributed by atoms with E-state index in [1.54, 1.807) is 42.5 Å². The van der Waals surface area contributed by atoms with E-state index in [2.05, 4.69) is 25.9 Å². The second-order valence-corrected chi connectivity index (χ2v) is 8.72. The Bertz CT molecular complexity index is 1290. The van der Waals surface area contributed by atoms with Crippen LogP contribution in [0.1, 0.15) is 11.7 Å². The number of aliphatic hydroxyl groups is 1. The van der Waals surface area contributed by atoms with Crippen molar-refractivity contribution in [1.82, 2.24) is 15.3 Å². The number of nitrogen functional groups attached to an aromatic ring is 1. The molecule has 4 rings (SSSR count). The summed E-state index contributed by atoms with van der Waals surface area (Å²) in [7, 11) is 1.51. The number of anilines is 3. The largest absolute Gasteiger partial charge is 0.382 e. The van der Waals surface area contributed by atoms with Crippen molar-refractivity contribution < 1.29 is 14.7 Å². The predicted octanol–water partition coefficient (Wildman–Crippen LogP) is 3.94. The molecule has 33 heavy (non-hydrogen) atoms. The van der Waals surface area contributed by atoms with Crippen molar-refractivity contribution in [2.45, 2.75) is 6.10 Å². The summed E-state index contributed by atoms with van der Waals surface area (Å²) in [5.41, 5.74) is 8.56. The summed E-state index contributed by atoms with van der Waals surface area (Å²) < 4.78 is 0. The predicted molar refractivity (Wildman–Crippen MR) is 131 cm³/mol. The van der Waals surface area contributed by atoms with Crippen LogP contribution in [0.5, 0.6) is 0 Å². The first kappa shape index (κ1) is 22.4. The third-order valence-electron chi connectivity index (χ3n) is 4.59. The van der Waals surface area contributed by atoms with E-state index < -0.39 is 12.0 Å². The zero-order valence-corrected chi connectivity index (χ0v) is 19.0. The van der Waals surface area contributed by atoms with Gasteiger partial charge in [0.25, 0.3) is 5.91 Å². The van der Waals surface area contributed by atoms with Gasteiger partial charge in [0.2, 0.25) is 0 Å². The van der Waals surface area contributed by atoms with Crippen LogP contribution in [-0.2, 0) is 4.79 Å². The van der Waals surface area contributed by atoms with Crippen LogP contribution < -0.4 is 21.7 Å². The Morgan fingerprint density at radius 1 is 1.06 bits per heavy atom. The first-order valence-corrected chi connectivity index (χ1v) is 11.5. The molecule has 0 saturated heterocycles. The molecule has 0 spiro atoms. The lowest BCUT2D eigenvalue weighted by molar-refractivity contribution is -0.124. The number of hydrogen-bond donors (Lipinski definition) is 5. The summed E-state index contributed by atoms with van der Waals surface area (Å²) in [6.45, 7) is 0. The Labute approximate surface area is 197 Å². The normalized spacial score (nSPS) is 11.6. The third kappa shape index (κ3) is 5.17. The van der Waals surface area contributed by atoms with Crippen LogP contribution in [0.25, 0.3) is 21.1 Å². The smallest absolute Gasteiger partial charge is 0.320 e. The lowest BCUT2D eigenvalue weighted by atomic mass is 10.1. The number of benzene rings is 2. The molecule has 2 heterocycles. The number of rotatable bonds is 6. The minimum atomic E-state index is -1.27. The number of carbonyl (C=O) groups excluding carboxylic acids is 2. The highest BCUT2D eigenvalue weighted by Gasteiger charge is 2.18. The highest BCUT2D eigenvalue weighted by Crippen LogP contribution is 2.38. The van der Waals surface area contributed by atoms with Gasteiger partial charge in [0.15, 0.2) is 11.2 Å². The second-order valence-electron chi connectivity index (χ2n) is 6.86. The van der Waals surface area contributed by atoms with E-state index in [1.165, 1.54) is 29.7 Å². The van der Waals surface area contributed by atoms with Gasteiger partial charge in [0, 0.05) is 23.7 Å². The minimum Gasteiger partial charge on any atom is -0.382 e. The fourth-order valence-corrected chi connectivity index (χ4v) is 4.77. The van der Waals surface area contributed by atoms with E-state index in [0.29, 0.717) is 32.0 Å². The lowest BCUT2D eigenvalue weighted by Gasteiger charge is -2.12. The number of nitrogens with two attached hydrogens (primary N) is 1. The molecular formula is C22H20N6O3S2. The average Bonchev–Trinajstić information content (AvgIpc) is 3.45. The van der Waals surface area contributed by atoms with Crippen LogP contribution in [0.3, 0.4) is 0 Å². The average molecular weight is 481 g/mol. The standard InChI is InChI=1S/C22H20N6O3S2/c1-24-21(31)28-22-27-18(23)17(33-22)20-26-15(11-32-20)13-8-5-9-14(10-13)25-19(30)16(29)12-6-3-2-4-7-12/h2-11,16,29H,23H2,1H3,(H,25,30)(H2,24,27,28,31). The van der Waals surface area contributed by atoms with Gasteiger partial charge in [-0.15, -0.1) is 11.3 Å². The van der Waals surface area contributed by atoms with Gasteiger partial charge in [-0.05, 0) is 17.7 Å². The summed E-state index contributed by atoms with van der Waals surface area (Å²) >= 11 is 2.63. The van der Waals surface area contributed by atoms with E-state index >= 15 is 0 Å². The molecule has 0 saturated carbocycles. The molecule has 1 atom stereocenters. The number of hydrogen-bond acceptors (Lipinski definition) is 8. The fraction of sp³-hybridized carbons (Fsp3) is 0.0909. The zero-order chi connectivity index (χ0) is 23.4. The third-order valence-corrected chi connectivity index (χ3v) is 6.57. The van der Waals surface area contributed by atoms with Gasteiger partial charge in [-0.1, -0.05) is 53.8 Å². The van der Waals surface area contributed by atoms with E-state index in [4.69, 9.17) is 5.73 Å². The molecule has 168 valence electrons. The summed E-state index contributed by atoms with van der Waals surface area (Å²) in [5, 5.41) is 21.0. The van der Waals surface area contributed by atoms with Crippen molar-refractivity contribution in [3.63, 3.8) is 0 Å². The molecule has 0 radical (unpaired) electrons. The number of thiazole rings is 2. The molecular weight excluding hydrogens is 460 g/mol. The number of aliphatic hydroxyl groups excluding tert-OH is 1. The number of nitrogens with zero attached hydrogens (tertiary/aromatic N) is 2. The van der Waals surface area contributed by atoms with Crippen molar-refractivity contribution in [2.75, 3.05) is 23.4 Å². The van der Waals surface area contributed by atoms with Gasteiger partial charge in [-0.25, -0.2) is 14.8 Å². The lowest BCUT2D eigenvalue weighted by Crippen LogP contribution is -2.24. The van der Waals surface area contributed by atoms with Crippen molar-refractivity contribution in [1.29, 1.82) is 0 Å². The fourth-order valence-electron chi connectivity index (χ4n) is 2.96. The molecule has 0 aliphatic rings. The molecule has 3 amide bonds. The topological polar surface area (TPSA) is 142 Å². The Kier molecular flexibility index (Phi) is 6.63. The van der Waals surface area contributed by atoms with E-state index in [9.17, 15) is 14.7 Å². The maximum atomic E-state index is 12.5. The first-order chi connectivity index (χ1) is 15.9. The molecule has 2 aromatic carbocycles. The Balaban J connectivity index is 1.51. The number of carbonyl (C=O) groups is 2. The molecule has 0 aliphatic heterocycles. The molecule has 6 N–H and O–H groups in total. The summed E-state index contributed by atoms with van der Waals surface area (Å²) in [5.74, 6) is -0.242. The maximum absolute atomic E-state index is 12.5. The maximum Gasteiger partial charge on any atom is 0.320 e. The van der Waals surface area contributed by atoms with E-state index in [-0.39, 0.29) is 11.8 Å². The molecule has 9 nitrogen and oxygen atoms in total. The highest BCUT2D eigenvalue weighted by atomic mass is 32.1. The van der Waals surface area contributed by atoms with Crippen LogP contribution in [-0.4, -0.2) is 34.1 Å². The summed E-state index contributed by atoms with van der Waals surface area (Å²) in [6, 6.07) is 15.5. The molecule has 0 bridgehead atoms.